The number of nitrogens with one attached hydrogen (secondary N) is 3. The zero-order valence-corrected chi connectivity index (χ0v) is 17.7. The van der Waals surface area contributed by atoms with E-state index < -0.39 is 11.8 Å². The number of aryl methyl sites for hydroxylation is 1. The molecule has 0 radical (unpaired) electrons. The molecule has 32 heavy (non-hydrogen) atoms. The molecule has 0 atom stereocenters. The molecule has 0 spiro atoms. The number of fused-ring (bicyclic) bond motifs is 1. The molecule has 4 aromatic rings. The summed E-state index contributed by atoms with van der Waals surface area (Å²) in [5.41, 5.74) is 3.05. The fourth-order valence-electron chi connectivity index (χ4n) is 3.23. The normalized spacial score (nSPS) is 10.6. The minimum Gasteiger partial charge on any atom is -0.321 e. The second-order valence-corrected chi connectivity index (χ2v) is 7.47. The third-order valence-electron chi connectivity index (χ3n) is 4.64. The molecule has 3 amide bonds. The van der Waals surface area contributed by atoms with Crippen molar-refractivity contribution in [1.82, 2.24) is 4.98 Å². The van der Waals surface area contributed by atoms with Crippen LogP contribution in [0.5, 0.6) is 0 Å². The van der Waals surface area contributed by atoms with E-state index in [0.29, 0.717) is 38.6 Å². The van der Waals surface area contributed by atoms with Gasteiger partial charge in [0, 0.05) is 22.5 Å². The van der Waals surface area contributed by atoms with Crippen LogP contribution in [0.25, 0.3) is 10.9 Å². The topological polar surface area (TPSA) is 83.1 Å². The largest absolute Gasteiger partial charge is 0.323 e. The second kappa shape index (κ2) is 9.03. The van der Waals surface area contributed by atoms with Gasteiger partial charge in [-0.3, -0.25) is 9.78 Å². The monoisotopic (exact) mass is 448 g/mol. The molecule has 8 heteroatoms. The molecule has 3 aromatic carbocycles. The fourth-order valence-corrected chi connectivity index (χ4v) is 3.46. The first-order valence-corrected chi connectivity index (χ1v) is 10.1. The Morgan fingerprint density at radius 3 is 2.38 bits per heavy atom. The highest BCUT2D eigenvalue weighted by Gasteiger charge is 2.13. The summed E-state index contributed by atoms with van der Waals surface area (Å²) in [5, 5.41) is 9.14. The zero-order valence-electron chi connectivity index (χ0n) is 16.9. The van der Waals surface area contributed by atoms with Gasteiger partial charge in [0.05, 0.1) is 21.8 Å². The Balaban J connectivity index is 1.60. The summed E-state index contributed by atoms with van der Waals surface area (Å²) >= 11 is 6.14. The number of halogens is 2. The number of hydrogen-bond donors (Lipinski definition) is 3. The number of pyridine rings is 1. The van der Waals surface area contributed by atoms with E-state index in [4.69, 9.17) is 11.6 Å². The number of carbonyl (C=O) groups excluding carboxylic acids is 2. The summed E-state index contributed by atoms with van der Waals surface area (Å²) in [6, 6.07) is 18.7. The molecule has 3 N–H and O–H groups in total. The molecule has 0 fully saturated rings. The van der Waals surface area contributed by atoms with E-state index >= 15 is 0 Å². The average Bonchev–Trinajstić information content (AvgIpc) is 2.74. The van der Waals surface area contributed by atoms with Crippen LogP contribution in [0.2, 0.25) is 5.02 Å². The minimum atomic E-state index is -0.531. The lowest BCUT2D eigenvalue weighted by Crippen LogP contribution is -2.19. The first-order valence-electron chi connectivity index (χ1n) is 9.70. The van der Waals surface area contributed by atoms with Gasteiger partial charge >= 0.3 is 6.03 Å². The smallest absolute Gasteiger partial charge is 0.321 e. The predicted octanol–water partition coefficient (Wildman–Crippen LogP) is 6.23. The second-order valence-electron chi connectivity index (χ2n) is 7.07. The van der Waals surface area contributed by atoms with E-state index in [2.05, 4.69) is 20.9 Å². The molecule has 0 unspecified atom stereocenters. The summed E-state index contributed by atoms with van der Waals surface area (Å²) in [6.07, 6.45) is 0. The van der Waals surface area contributed by atoms with Gasteiger partial charge in [-0.15, -0.1) is 0 Å². The molecule has 0 saturated heterocycles. The Morgan fingerprint density at radius 1 is 0.875 bits per heavy atom. The van der Waals surface area contributed by atoms with Crippen molar-refractivity contribution in [3.05, 3.63) is 94.9 Å². The van der Waals surface area contributed by atoms with Crippen LogP contribution in [0.3, 0.4) is 0 Å². The lowest BCUT2D eigenvalue weighted by Gasteiger charge is -2.13. The van der Waals surface area contributed by atoms with Crippen LogP contribution in [0.1, 0.15) is 16.1 Å². The molecule has 160 valence electrons. The van der Waals surface area contributed by atoms with Gasteiger partial charge in [0.25, 0.3) is 5.91 Å². The Labute approximate surface area is 188 Å². The van der Waals surface area contributed by atoms with Crippen LogP contribution in [0, 0.1) is 12.7 Å². The van der Waals surface area contributed by atoms with Crippen molar-refractivity contribution in [2.75, 3.05) is 16.0 Å². The van der Waals surface area contributed by atoms with Gasteiger partial charge in [0.15, 0.2) is 0 Å². The number of carbonyl (C=O) groups is 2. The highest BCUT2D eigenvalue weighted by molar-refractivity contribution is 6.34. The van der Waals surface area contributed by atoms with E-state index in [0.717, 1.165) is 5.69 Å². The Bertz CT molecular complexity index is 1340. The summed E-state index contributed by atoms with van der Waals surface area (Å²) in [5.74, 6) is -0.807. The Morgan fingerprint density at radius 2 is 1.62 bits per heavy atom. The van der Waals surface area contributed by atoms with Gasteiger partial charge in [0.2, 0.25) is 0 Å². The highest BCUT2D eigenvalue weighted by Crippen LogP contribution is 2.28. The quantitative estimate of drug-likeness (QED) is 0.346. The van der Waals surface area contributed by atoms with Gasteiger partial charge < -0.3 is 16.0 Å². The van der Waals surface area contributed by atoms with Gasteiger partial charge in [-0.25, -0.2) is 9.18 Å². The molecule has 0 bridgehead atoms. The molecular formula is C24H18ClFN4O2. The van der Waals surface area contributed by atoms with Crippen LogP contribution in [0.4, 0.5) is 26.2 Å². The van der Waals surface area contributed by atoms with Gasteiger partial charge in [-0.2, -0.15) is 0 Å². The molecule has 0 aliphatic heterocycles. The number of amides is 3. The molecule has 0 aliphatic rings. The fraction of sp³-hybridized carbons (Fsp3) is 0.0417. The molecular weight excluding hydrogens is 431 g/mol. The van der Waals surface area contributed by atoms with Gasteiger partial charge in [-0.05, 0) is 61.5 Å². The third kappa shape index (κ3) is 4.84. The number of anilines is 3. The summed E-state index contributed by atoms with van der Waals surface area (Å²) < 4.78 is 13.3. The molecule has 1 heterocycles. The van der Waals surface area contributed by atoms with Crippen LogP contribution in [-0.2, 0) is 0 Å². The standard InChI is InChI=1S/C24H18ClFN4O2/c1-14-11-22(30-23(31)18-7-2-3-8-20(18)25)19-13-17(9-10-21(19)27-14)29-24(32)28-16-6-4-5-15(26)12-16/h2-13H,1H3,(H,27,30,31)(H2,28,29,32). The van der Waals surface area contributed by atoms with Crippen LogP contribution < -0.4 is 16.0 Å². The van der Waals surface area contributed by atoms with E-state index in [9.17, 15) is 14.0 Å². The summed E-state index contributed by atoms with van der Waals surface area (Å²) in [7, 11) is 0. The minimum absolute atomic E-state index is 0.327. The SMILES string of the molecule is Cc1cc(NC(=O)c2ccccc2Cl)c2cc(NC(=O)Nc3cccc(F)c3)ccc2n1. The predicted molar refractivity (Wildman–Crippen MR) is 125 cm³/mol. The van der Waals surface area contributed by atoms with Gasteiger partial charge in [0.1, 0.15) is 5.82 Å². The Kier molecular flexibility index (Phi) is 6.00. The van der Waals surface area contributed by atoms with Crippen molar-refractivity contribution in [3.8, 4) is 0 Å². The van der Waals surface area contributed by atoms with Gasteiger partial charge in [-0.1, -0.05) is 29.8 Å². The Hall–Kier alpha value is -3.97. The summed E-state index contributed by atoms with van der Waals surface area (Å²) in [6.45, 7) is 1.82. The van der Waals surface area contributed by atoms with E-state index in [1.54, 1.807) is 54.6 Å². The third-order valence-corrected chi connectivity index (χ3v) is 4.97. The van der Waals surface area contributed by atoms with E-state index in [1.807, 2.05) is 6.92 Å². The molecule has 6 nitrogen and oxygen atoms in total. The molecule has 4 rings (SSSR count). The number of urea groups is 1. The van der Waals surface area contributed by atoms with E-state index in [-0.39, 0.29) is 5.91 Å². The zero-order chi connectivity index (χ0) is 22.7. The summed E-state index contributed by atoms with van der Waals surface area (Å²) in [4.78, 5) is 29.6. The number of aromatic nitrogens is 1. The first kappa shape index (κ1) is 21.3. The number of benzene rings is 3. The van der Waals surface area contributed by atoms with E-state index in [1.165, 1.54) is 18.2 Å². The van der Waals surface area contributed by atoms with Crippen molar-refractivity contribution in [2.24, 2.45) is 0 Å². The van der Waals surface area contributed by atoms with Crippen LogP contribution >= 0.6 is 11.6 Å². The number of nitrogens with zero attached hydrogens (tertiary/aromatic N) is 1. The number of hydrogen-bond acceptors (Lipinski definition) is 3. The van der Waals surface area contributed by atoms with Crippen LogP contribution in [0.15, 0.2) is 72.8 Å². The van der Waals surface area contributed by atoms with Crippen molar-refractivity contribution in [2.45, 2.75) is 6.92 Å². The van der Waals surface area contributed by atoms with Crippen molar-refractivity contribution < 1.29 is 14.0 Å². The molecule has 0 aliphatic carbocycles. The highest BCUT2D eigenvalue weighted by atomic mass is 35.5. The average molecular weight is 449 g/mol. The lowest BCUT2D eigenvalue weighted by molar-refractivity contribution is 0.102. The van der Waals surface area contributed by atoms with Crippen molar-refractivity contribution in [1.29, 1.82) is 0 Å². The lowest BCUT2D eigenvalue weighted by atomic mass is 10.1. The molecule has 0 saturated carbocycles. The van der Waals surface area contributed by atoms with Crippen molar-refractivity contribution in [3.63, 3.8) is 0 Å². The van der Waals surface area contributed by atoms with Crippen molar-refractivity contribution >= 4 is 51.5 Å². The maximum atomic E-state index is 13.3. The number of rotatable bonds is 4. The maximum absolute atomic E-state index is 13.3. The maximum Gasteiger partial charge on any atom is 0.323 e. The molecule has 1 aromatic heterocycles. The first-order chi connectivity index (χ1) is 15.4. The van der Waals surface area contributed by atoms with Crippen LogP contribution in [-0.4, -0.2) is 16.9 Å².